The van der Waals surface area contributed by atoms with Crippen LogP contribution in [0.4, 0.5) is 0 Å². The van der Waals surface area contributed by atoms with Crippen molar-refractivity contribution in [2.75, 3.05) is 7.05 Å². The Morgan fingerprint density at radius 3 is 2.62 bits per heavy atom. The van der Waals surface area contributed by atoms with Gasteiger partial charge in [0.2, 0.25) is 0 Å². The Balaban J connectivity index is 2.22. The molecule has 0 amide bonds. The number of aromatic nitrogens is 1. The van der Waals surface area contributed by atoms with Gasteiger partial charge in [-0.25, -0.2) is 0 Å². The molecule has 1 aromatic rings. The van der Waals surface area contributed by atoms with Crippen LogP contribution in [0.25, 0.3) is 0 Å². The second-order valence-electron chi connectivity index (χ2n) is 4.32. The van der Waals surface area contributed by atoms with Crippen molar-refractivity contribution in [3.05, 3.63) is 30.1 Å². The first-order chi connectivity index (χ1) is 6.18. The van der Waals surface area contributed by atoms with Gasteiger partial charge in [0, 0.05) is 23.9 Å². The maximum Gasteiger partial charge on any atom is 0.0456 e. The molecular weight excluding hydrogens is 160 g/mol. The molecule has 0 bridgehead atoms. The van der Waals surface area contributed by atoms with Gasteiger partial charge in [0.15, 0.2) is 0 Å². The summed E-state index contributed by atoms with van der Waals surface area (Å²) in [4.78, 5) is 4.39. The monoisotopic (exact) mass is 176 g/mol. The van der Waals surface area contributed by atoms with E-state index in [9.17, 15) is 0 Å². The van der Waals surface area contributed by atoms with E-state index in [1.807, 2.05) is 19.3 Å². The van der Waals surface area contributed by atoms with Crippen LogP contribution in [0.3, 0.4) is 0 Å². The number of nitrogens with one attached hydrogen (secondary N) is 1. The summed E-state index contributed by atoms with van der Waals surface area (Å²) in [7, 11) is 2.02. The van der Waals surface area contributed by atoms with Crippen LogP contribution in [0.15, 0.2) is 24.4 Å². The number of hydrogen-bond donors (Lipinski definition) is 1. The summed E-state index contributed by atoms with van der Waals surface area (Å²) in [5.41, 5.74) is 1.58. The van der Waals surface area contributed by atoms with Crippen molar-refractivity contribution in [1.29, 1.82) is 0 Å². The third-order valence-electron chi connectivity index (χ3n) is 3.14. The third-order valence-corrected chi connectivity index (χ3v) is 3.14. The topological polar surface area (TPSA) is 24.9 Å². The third kappa shape index (κ3) is 1.25. The molecule has 1 heterocycles. The zero-order valence-corrected chi connectivity index (χ0v) is 8.41. The van der Waals surface area contributed by atoms with Crippen molar-refractivity contribution in [2.45, 2.75) is 25.8 Å². The molecule has 0 aliphatic heterocycles. The van der Waals surface area contributed by atoms with E-state index in [0.29, 0.717) is 17.4 Å². The smallest absolute Gasteiger partial charge is 0.0456 e. The van der Waals surface area contributed by atoms with Gasteiger partial charge in [0.05, 0.1) is 0 Å². The second-order valence-corrected chi connectivity index (χ2v) is 4.32. The standard InChI is InChI=1S/C11H16N2/c1-11(2)9(10(11)12-3)8-6-4-5-7-13-8/h4-7,9-10,12H,1-3H3. The first kappa shape index (κ1) is 8.70. The molecule has 2 rings (SSSR count). The molecule has 13 heavy (non-hydrogen) atoms. The van der Waals surface area contributed by atoms with E-state index in [2.05, 4.69) is 36.3 Å². The van der Waals surface area contributed by atoms with Gasteiger partial charge in [0.25, 0.3) is 0 Å². The van der Waals surface area contributed by atoms with E-state index in [1.54, 1.807) is 0 Å². The van der Waals surface area contributed by atoms with Gasteiger partial charge in [-0.15, -0.1) is 0 Å². The molecule has 0 saturated heterocycles. The van der Waals surface area contributed by atoms with Crippen molar-refractivity contribution in [1.82, 2.24) is 10.3 Å². The van der Waals surface area contributed by atoms with E-state index < -0.39 is 0 Å². The summed E-state index contributed by atoms with van der Waals surface area (Å²) in [6, 6.07) is 6.72. The molecule has 2 heteroatoms. The molecule has 70 valence electrons. The molecule has 2 atom stereocenters. The van der Waals surface area contributed by atoms with Crippen LogP contribution in [-0.4, -0.2) is 18.1 Å². The average molecular weight is 176 g/mol. The molecule has 1 aliphatic carbocycles. The van der Waals surface area contributed by atoms with Crippen molar-refractivity contribution in [3.8, 4) is 0 Å². The molecule has 1 aromatic heterocycles. The summed E-state index contributed by atoms with van der Waals surface area (Å²) in [6.07, 6.45) is 1.87. The Morgan fingerprint density at radius 2 is 2.15 bits per heavy atom. The maximum atomic E-state index is 4.39. The summed E-state index contributed by atoms with van der Waals surface area (Å²) in [6.45, 7) is 4.57. The molecule has 0 aromatic carbocycles. The molecule has 0 radical (unpaired) electrons. The normalized spacial score (nSPS) is 30.1. The Hall–Kier alpha value is -0.890. The summed E-state index contributed by atoms with van der Waals surface area (Å²) >= 11 is 0. The quantitative estimate of drug-likeness (QED) is 0.743. The van der Waals surface area contributed by atoms with Crippen LogP contribution in [-0.2, 0) is 0 Å². The maximum absolute atomic E-state index is 4.39. The Kier molecular flexibility index (Phi) is 1.88. The lowest BCUT2D eigenvalue weighted by atomic mass is 10.1. The van der Waals surface area contributed by atoms with Crippen molar-refractivity contribution in [3.63, 3.8) is 0 Å². The predicted octanol–water partition coefficient (Wildman–Crippen LogP) is 1.79. The lowest BCUT2D eigenvalue weighted by Gasteiger charge is -2.00. The van der Waals surface area contributed by atoms with Crippen LogP contribution in [0.5, 0.6) is 0 Å². The van der Waals surface area contributed by atoms with Crippen molar-refractivity contribution < 1.29 is 0 Å². The van der Waals surface area contributed by atoms with Gasteiger partial charge < -0.3 is 5.32 Å². The fourth-order valence-corrected chi connectivity index (χ4v) is 2.29. The first-order valence-electron chi connectivity index (χ1n) is 4.76. The van der Waals surface area contributed by atoms with E-state index in [1.165, 1.54) is 5.69 Å². The minimum atomic E-state index is 0.364. The minimum absolute atomic E-state index is 0.364. The van der Waals surface area contributed by atoms with Gasteiger partial charge >= 0.3 is 0 Å². The SMILES string of the molecule is CNC1C(c2ccccn2)C1(C)C. The first-order valence-corrected chi connectivity index (χ1v) is 4.76. The zero-order chi connectivity index (χ0) is 9.47. The summed E-state index contributed by atoms with van der Waals surface area (Å²) < 4.78 is 0. The molecule has 1 aliphatic rings. The average Bonchev–Trinajstić information content (AvgIpc) is 2.69. The fourth-order valence-electron chi connectivity index (χ4n) is 2.29. The predicted molar refractivity (Wildman–Crippen MR) is 53.6 cm³/mol. The number of nitrogens with zero attached hydrogens (tertiary/aromatic N) is 1. The lowest BCUT2D eigenvalue weighted by Crippen LogP contribution is -2.14. The highest BCUT2D eigenvalue weighted by molar-refractivity contribution is 5.29. The number of pyridine rings is 1. The molecule has 1 saturated carbocycles. The Morgan fingerprint density at radius 1 is 1.38 bits per heavy atom. The van der Waals surface area contributed by atoms with Crippen molar-refractivity contribution in [2.24, 2.45) is 5.41 Å². The summed E-state index contributed by atoms with van der Waals surface area (Å²) in [5.74, 6) is 0.582. The highest BCUT2D eigenvalue weighted by Gasteiger charge is 2.58. The molecular formula is C11H16N2. The van der Waals surface area contributed by atoms with E-state index in [-0.39, 0.29) is 0 Å². The van der Waals surface area contributed by atoms with Crippen LogP contribution in [0.1, 0.15) is 25.5 Å². The van der Waals surface area contributed by atoms with Gasteiger partial charge in [-0.1, -0.05) is 19.9 Å². The fraction of sp³-hybridized carbons (Fsp3) is 0.545. The Bertz CT molecular complexity index is 292. The summed E-state index contributed by atoms with van der Waals surface area (Å²) in [5, 5.41) is 3.34. The van der Waals surface area contributed by atoms with E-state index in [4.69, 9.17) is 0 Å². The van der Waals surface area contributed by atoms with Crippen LogP contribution in [0.2, 0.25) is 0 Å². The second kappa shape index (κ2) is 2.81. The van der Waals surface area contributed by atoms with Gasteiger partial charge in [-0.2, -0.15) is 0 Å². The molecule has 1 N–H and O–H groups in total. The highest BCUT2D eigenvalue weighted by Crippen LogP contribution is 2.57. The molecule has 2 unspecified atom stereocenters. The van der Waals surface area contributed by atoms with E-state index >= 15 is 0 Å². The molecule has 1 fully saturated rings. The van der Waals surface area contributed by atoms with Crippen LogP contribution < -0.4 is 5.32 Å². The molecule has 2 nitrogen and oxygen atoms in total. The molecule has 0 spiro atoms. The number of likely N-dealkylation sites (N-methyl/N-ethyl adjacent to an activating group) is 1. The van der Waals surface area contributed by atoms with Crippen LogP contribution >= 0.6 is 0 Å². The Labute approximate surface area is 79.4 Å². The minimum Gasteiger partial charge on any atom is -0.316 e. The zero-order valence-electron chi connectivity index (χ0n) is 8.41. The van der Waals surface area contributed by atoms with E-state index in [0.717, 1.165) is 0 Å². The largest absolute Gasteiger partial charge is 0.316 e. The number of rotatable bonds is 2. The van der Waals surface area contributed by atoms with Gasteiger partial charge in [0.1, 0.15) is 0 Å². The van der Waals surface area contributed by atoms with Gasteiger partial charge in [-0.05, 0) is 24.6 Å². The van der Waals surface area contributed by atoms with Gasteiger partial charge in [-0.3, -0.25) is 4.98 Å². The highest BCUT2D eigenvalue weighted by atomic mass is 15.0. The van der Waals surface area contributed by atoms with Crippen molar-refractivity contribution >= 4 is 0 Å². The lowest BCUT2D eigenvalue weighted by molar-refractivity contribution is 0.565. The van der Waals surface area contributed by atoms with Crippen LogP contribution in [0, 0.1) is 5.41 Å². The number of hydrogen-bond acceptors (Lipinski definition) is 2.